The minimum Gasteiger partial charge on any atom is -0.495 e. The Balaban J connectivity index is 1.39. The fourth-order valence-electron chi connectivity index (χ4n) is 8.52. The van der Waals surface area contributed by atoms with Crippen LogP contribution in [0.1, 0.15) is 155 Å². The highest BCUT2D eigenvalue weighted by molar-refractivity contribution is 7.80. The molecule has 8 heteroatoms. The lowest BCUT2D eigenvalue weighted by atomic mass is 10.1. The van der Waals surface area contributed by atoms with Crippen LogP contribution in [0.2, 0.25) is 0 Å². The van der Waals surface area contributed by atoms with Crippen molar-refractivity contribution in [3.8, 4) is 5.75 Å². The van der Waals surface area contributed by atoms with Gasteiger partial charge in [-0.1, -0.05) is 189 Å². The first-order valence-electron chi connectivity index (χ1n) is 23.9. The van der Waals surface area contributed by atoms with E-state index in [1.165, 1.54) is 111 Å². The molecule has 332 valence electrons. The zero-order chi connectivity index (χ0) is 42.5. The van der Waals surface area contributed by atoms with E-state index in [0.717, 1.165) is 57.4 Å². The Kier molecular flexibility index (Phi) is 25.1. The number of rotatable bonds is 33. The molecule has 3 aromatic carbocycles. The van der Waals surface area contributed by atoms with Gasteiger partial charge in [0.15, 0.2) is 0 Å². The lowest BCUT2D eigenvalue weighted by molar-refractivity contribution is -0.144. The Bertz CT molecular complexity index is 1490. The van der Waals surface area contributed by atoms with Gasteiger partial charge in [-0.2, -0.15) is 0 Å². The summed E-state index contributed by atoms with van der Waals surface area (Å²) in [5.41, 5.74) is 1.17. The van der Waals surface area contributed by atoms with Gasteiger partial charge in [-0.15, -0.1) is 0 Å². The molecule has 1 heterocycles. The van der Waals surface area contributed by atoms with E-state index < -0.39 is 7.92 Å². The van der Waals surface area contributed by atoms with Gasteiger partial charge in [-0.05, 0) is 50.3 Å². The molecule has 0 amide bonds. The van der Waals surface area contributed by atoms with Crippen molar-refractivity contribution in [1.82, 2.24) is 4.90 Å². The summed E-state index contributed by atoms with van der Waals surface area (Å²) in [6.07, 6.45) is 25.1. The monoisotopic (exact) mass is 843 g/mol. The van der Waals surface area contributed by atoms with Gasteiger partial charge >= 0.3 is 11.9 Å². The number of carbonyl (C=O) groups is 2. The number of unbranched alkanes of at least 4 members (excludes halogenated alkanes) is 16. The number of hydrogen-bond donors (Lipinski definition) is 0. The smallest absolute Gasteiger partial charge is 0.305 e. The van der Waals surface area contributed by atoms with E-state index in [1.807, 2.05) is 0 Å². The molecular weight excluding hydrogens is 764 g/mol. The van der Waals surface area contributed by atoms with Gasteiger partial charge in [-0.3, -0.25) is 14.5 Å². The molecule has 3 aromatic rings. The number of benzene rings is 3. The fourth-order valence-corrected chi connectivity index (χ4v) is 11.0. The molecule has 0 radical (unpaired) electrons. The normalized spacial score (nSPS) is 13.9. The molecule has 1 aliphatic heterocycles. The molecule has 1 aliphatic rings. The van der Waals surface area contributed by atoms with Gasteiger partial charge in [0.25, 0.3) is 0 Å². The summed E-state index contributed by atoms with van der Waals surface area (Å²) >= 11 is 0. The molecule has 0 unspecified atom stereocenters. The van der Waals surface area contributed by atoms with Gasteiger partial charge in [0.1, 0.15) is 19.0 Å². The summed E-state index contributed by atoms with van der Waals surface area (Å²) in [7, 11) is 0.924. The van der Waals surface area contributed by atoms with Crippen LogP contribution in [0.5, 0.6) is 5.75 Å². The van der Waals surface area contributed by atoms with Crippen LogP contribution in [0.4, 0.5) is 5.69 Å². The van der Waals surface area contributed by atoms with Crippen molar-refractivity contribution in [2.75, 3.05) is 51.4 Å². The van der Waals surface area contributed by atoms with Crippen molar-refractivity contribution in [3.63, 3.8) is 0 Å². The van der Waals surface area contributed by atoms with Crippen molar-refractivity contribution in [2.45, 2.75) is 161 Å². The molecule has 1 atom stereocenters. The van der Waals surface area contributed by atoms with Crippen LogP contribution in [0.15, 0.2) is 78.9 Å². The lowest BCUT2D eigenvalue weighted by Gasteiger charge is -2.35. The third kappa shape index (κ3) is 18.3. The van der Waals surface area contributed by atoms with Crippen LogP contribution < -0.4 is 25.6 Å². The third-order valence-electron chi connectivity index (χ3n) is 11.9. The van der Waals surface area contributed by atoms with Crippen LogP contribution in [0.3, 0.4) is 0 Å². The summed E-state index contributed by atoms with van der Waals surface area (Å²) < 4.78 is 17.8. The topological polar surface area (TPSA) is 68.3 Å². The molecule has 1 fully saturated rings. The van der Waals surface area contributed by atoms with Crippen molar-refractivity contribution >= 4 is 41.5 Å². The molecule has 0 aromatic heterocycles. The summed E-state index contributed by atoms with van der Waals surface area (Å²) in [6, 6.07) is 28.4. The summed E-state index contributed by atoms with van der Waals surface area (Å²) in [6.45, 7) is 8.09. The van der Waals surface area contributed by atoms with Crippen LogP contribution in [0, 0.1) is 0 Å². The Labute approximate surface area is 366 Å². The Morgan fingerprint density at radius 3 is 1.55 bits per heavy atom. The van der Waals surface area contributed by atoms with Crippen molar-refractivity contribution in [3.05, 3.63) is 78.9 Å². The van der Waals surface area contributed by atoms with Crippen molar-refractivity contribution in [1.29, 1.82) is 0 Å². The van der Waals surface area contributed by atoms with Crippen LogP contribution in [0.25, 0.3) is 0 Å². The Morgan fingerprint density at radius 1 is 0.617 bits per heavy atom. The maximum absolute atomic E-state index is 12.8. The highest BCUT2D eigenvalue weighted by Gasteiger charge is 2.33. The molecule has 4 rings (SSSR count). The molecule has 0 spiro atoms. The van der Waals surface area contributed by atoms with E-state index in [4.69, 9.17) is 14.2 Å². The van der Waals surface area contributed by atoms with Gasteiger partial charge in [0.05, 0.1) is 12.8 Å². The average molecular weight is 843 g/mol. The second-order valence-corrected chi connectivity index (χ2v) is 18.9. The first kappa shape index (κ1) is 49.2. The van der Waals surface area contributed by atoms with E-state index in [9.17, 15) is 9.59 Å². The molecule has 7 nitrogen and oxygen atoms in total. The first-order valence-corrected chi connectivity index (χ1v) is 25.3. The van der Waals surface area contributed by atoms with Gasteiger partial charge in [0, 0.05) is 50.4 Å². The molecule has 1 saturated heterocycles. The minimum atomic E-state index is -0.853. The van der Waals surface area contributed by atoms with E-state index >= 15 is 0 Å². The lowest BCUT2D eigenvalue weighted by Crippen LogP contribution is -2.44. The predicted octanol–water partition coefficient (Wildman–Crippen LogP) is 11.7. The maximum atomic E-state index is 12.8. The number of hydrogen-bond acceptors (Lipinski definition) is 7. The van der Waals surface area contributed by atoms with Crippen LogP contribution in [-0.4, -0.2) is 69.4 Å². The largest absolute Gasteiger partial charge is 0.495 e. The number of anilines is 1. The zero-order valence-electron chi connectivity index (χ0n) is 37.8. The average Bonchev–Trinajstić information content (AvgIpc) is 3.73. The Morgan fingerprint density at radius 2 is 1.08 bits per heavy atom. The van der Waals surface area contributed by atoms with E-state index in [-0.39, 0.29) is 18.0 Å². The molecule has 0 N–H and O–H groups in total. The number of para-hydroxylation sites is 1. The first-order chi connectivity index (χ1) is 29.5. The van der Waals surface area contributed by atoms with Crippen LogP contribution >= 0.6 is 7.92 Å². The number of nitrogens with zero attached hydrogens (tertiary/aromatic N) is 2. The van der Waals surface area contributed by atoms with Gasteiger partial charge < -0.3 is 19.1 Å². The number of methoxy groups -OCH3 is 1. The molecule has 60 heavy (non-hydrogen) atoms. The maximum Gasteiger partial charge on any atom is 0.305 e. The van der Waals surface area contributed by atoms with Gasteiger partial charge in [-0.25, -0.2) is 0 Å². The van der Waals surface area contributed by atoms with Crippen molar-refractivity contribution in [2.24, 2.45) is 0 Å². The third-order valence-corrected chi connectivity index (χ3v) is 14.4. The molecule has 0 bridgehead atoms. The SMILES string of the molecule is CCCCCCCCCCCC(=O)OCCN(CCOC(=O)CCCCCCCCCCC)C[C@@H]1CCCN1c1c(OC)cccc1P(c1ccccc1)c1ccccc1. The second kappa shape index (κ2) is 30.6. The number of carbonyl (C=O) groups excluding carboxylic acids is 2. The molecule has 0 aliphatic carbocycles. The highest BCUT2D eigenvalue weighted by Crippen LogP contribution is 2.42. The Hall–Kier alpha value is -3.41. The number of esters is 2. The summed E-state index contributed by atoms with van der Waals surface area (Å²) in [5.74, 6) is 0.671. The molecular formula is C52H79N2O5P. The standard InChI is InChI=1S/C52H79N2O5P/c1-4-6-8-10-12-14-16-18-26-37-50(55)58-42-40-53(41-43-59-51(56)38-27-19-17-15-13-11-9-7-5-2)44-45-30-29-39-54(45)52-48(57-3)35-28-36-49(52)60(46-31-22-20-23-32-46)47-33-24-21-25-34-47/h20-25,28,31-36,45H,4-19,26-27,29-30,37-44H2,1-3H3/t45-/m0/s1. The van der Waals surface area contributed by atoms with Crippen molar-refractivity contribution < 1.29 is 23.8 Å². The zero-order valence-corrected chi connectivity index (χ0v) is 38.7. The van der Waals surface area contributed by atoms with E-state index in [1.54, 1.807) is 7.11 Å². The quantitative estimate of drug-likeness (QED) is 0.0344. The second-order valence-electron chi connectivity index (χ2n) is 16.7. The minimum absolute atomic E-state index is 0.110. The van der Waals surface area contributed by atoms with E-state index in [2.05, 4.69) is 103 Å². The highest BCUT2D eigenvalue weighted by atomic mass is 31.1. The number of ether oxygens (including phenoxy) is 3. The van der Waals surface area contributed by atoms with Crippen LogP contribution in [-0.2, 0) is 19.1 Å². The predicted molar refractivity (Wildman–Crippen MR) is 254 cm³/mol. The molecule has 0 saturated carbocycles. The van der Waals surface area contributed by atoms with E-state index in [0.29, 0.717) is 39.1 Å². The summed E-state index contributed by atoms with van der Waals surface area (Å²) in [5, 5.41) is 3.90. The summed E-state index contributed by atoms with van der Waals surface area (Å²) in [4.78, 5) is 30.5. The van der Waals surface area contributed by atoms with Gasteiger partial charge in [0.2, 0.25) is 0 Å². The fraction of sp³-hybridized carbons (Fsp3) is 0.615.